The van der Waals surface area contributed by atoms with Gasteiger partial charge in [-0.1, -0.05) is 0 Å². The second-order valence-electron chi connectivity index (χ2n) is 8.44. The van der Waals surface area contributed by atoms with Crippen LogP contribution in [0.4, 0.5) is 10.3 Å². The highest BCUT2D eigenvalue weighted by atomic mass is 19.1. The van der Waals surface area contributed by atoms with E-state index in [1.165, 1.54) is 18.2 Å². The van der Waals surface area contributed by atoms with Gasteiger partial charge >= 0.3 is 0 Å². The Balaban J connectivity index is 1.43. The van der Waals surface area contributed by atoms with Crippen molar-refractivity contribution in [3.8, 4) is 11.3 Å². The Hall–Kier alpha value is -3.56. The van der Waals surface area contributed by atoms with E-state index in [9.17, 15) is 14.3 Å². The average Bonchev–Trinajstić information content (AvgIpc) is 3.26. The Bertz CT molecular complexity index is 1350. The SMILES string of the molecule is O=c1cc(-c2ccnc(NC3CCOCC3)n2)ccn1[C@H](CCO)c1cc2cc(F)ccc2[nH]1. The van der Waals surface area contributed by atoms with E-state index in [-0.39, 0.29) is 24.0 Å². The van der Waals surface area contributed by atoms with Crippen LogP contribution in [0.1, 0.15) is 31.0 Å². The topological polar surface area (TPSA) is 105 Å². The van der Waals surface area contributed by atoms with Crippen molar-refractivity contribution in [2.75, 3.05) is 25.1 Å². The molecule has 4 aromatic rings. The number of anilines is 1. The van der Waals surface area contributed by atoms with Crippen LogP contribution in [0.2, 0.25) is 0 Å². The maximum atomic E-state index is 13.6. The Kier molecular flexibility index (Phi) is 6.37. The van der Waals surface area contributed by atoms with Gasteiger partial charge in [0.05, 0.1) is 11.7 Å². The summed E-state index contributed by atoms with van der Waals surface area (Å²) in [6.45, 7) is 1.33. The molecular formula is C25H26FN5O3. The van der Waals surface area contributed by atoms with E-state index in [0.29, 0.717) is 29.0 Å². The summed E-state index contributed by atoms with van der Waals surface area (Å²) in [5.74, 6) is 0.200. The molecule has 5 rings (SSSR count). The van der Waals surface area contributed by atoms with Crippen LogP contribution >= 0.6 is 0 Å². The molecule has 0 bridgehead atoms. The van der Waals surface area contributed by atoms with E-state index >= 15 is 0 Å². The number of hydrogen-bond donors (Lipinski definition) is 3. The van der Waals surface area contributed by atoms with E-state index in [2.05, 4.69) is 20.3 Å². The molecule has 1 aromatic carbocycles. The van der Waals surface area contributed by atoms with Gasteiger partial charge in [-0.05, 0) is 55.7 Å². The third kappa shape index (κ3) is 4.71. The fraction of sp³-hybridized carbons (Fsp3) is 0.320. The lowest BCUT2D eigenvalue weighted by Gasteiger charge is -2.23. The number of halogens is 1. The van der Waals surface area contributed by atoms with Gasteiger partial charge in [-0.15, -0.1) is 0 Å². The van der Waals surface area contributed by atoms with Crippen molar-refractivity contribution >= 4 is 16.9 Å². The molecule has 0 unspecified atom stereocenters. The lowest BCUT2D eigenvalue weighted by atomic mass is 10.1. The van der Waals surface area contributed by atoms with Gasteiger partial charge in [-0.3, -0.25) is 4.79 Å². The highest BCUT2D eigenvalue weighted by Crippen LogP contribution is 2.26. The molecule has 1 aliphatic rings. The lowest BCUT2D eigenvalue weighted by Crippen LogP contribution is -2.28. The quantitative estimate of drug-likeness (QED) is 0.388. The smallest absolute Gasteiger partial charge is 0.251 e. The molecule has 0 aliphatic carbocycles. The van der Waals surface area contributed by atoms with Crippen LogP contribution in [0.5, 0.6) is 0 Å². The fourth-order valence-electron chi connectivity index (χ4n) is 4.39. The third-order valence-corrected chi connectivity index (χ3v) is 6.15. The second kappa shape index (κ2) is 9.74. The number of aliphatic hydroxyl groups is 1. The highest BCUT2D eigenvalue weighted by molar-refractivity contribution is 5.80. The molecule has 3 aromatic heterocycles. The minimum Gasteiger partial charge on any atom is -0.396 e. The monoisotopic (exact) mass is 463 g/mol. The minimum absolute atomic E-state index is 0.101. The molecule has 1 aliphatic heterocycles. The van der Waals surface area contributed by atoms with Crippen LogP contribution in [-0.4, -0.2) is 50.5 Å². The van der Waals surface area contributed by atoms with Crippen molar-refractivity contribution in [1.82, 2.24) is 19.5 Å². The molecule has 8 nitrogen and oxygen atoms in total. The number of ether oxygens (including phenoxy) is 1. The maximum Gasteiger partial charge on any atom is 0.251 e. The number of nitrogens with one attached hydrogen (secondary N) is 2. The molecule has 176 valence electrons. The molecule has 0 saturated carbocycles. The molecule has 0 amide bonds. The first-order valence-electron chi connectivity index (χ1n) is 11.4. The average molecular weight is 464 g/mol. The predicted molar refractivity (Wildman–Crippen MR) is 127 cm³/mol. The molecular weight excluding hydrogens is 437 g/mol. The summed E-state index contributed by atoms with van der Waals surface area (Å²) >= 11 is 0. The van der Waals surface area contributed by atoms with Crippen LogP contribution < -0.4 is 10.9 Å². The number of pyridine rings is 1. The Labute approximate surface area is 195 Å². The summed E-state index contributed by atoms with van der Waals surface area (Å²) in [7, 11) is 0. The molecule has 1 atom stereocenters. The molecule has 0 radical (unpaired) electrons. The molecule has 4 heterocycles. The normalized spacial score (nSPS) is 15.5. The van der Waals surface area contributed by atoms with Crippen LogP contribution in [-0.2, 0) is 4.74 Å². The number of aromatic nitrogens is 4. The molecule has 0 spiro atoms. The van der Waals surface area contributed by atoms with Gasteiger partial charge in [-0.2, -0.15) is 0 Å². The van der Waals surface area contributed by atoms with E-state index in [4.69, 9.17) is 4.74 Å². The summed E-state index contributed by atoms with van der Waals surface area (Å²) in [4.78, 5) is 25.3. The summed E-state index contributed by atoms with van der Waals surface area (Å²) in [6, 6.07) is 11.3. The van der Waals surface area contributed by atoms with Crippen molar-refractivity contribution in [3.63, 3.8) is 0 Å². The highest BCUT2D eigenvalue weighted by Gasteiger charge is 2.19. The first-order chi connectivity index (χ1) is 16.6. The number of fused-ring (bicyclic) bond motifs is 1. The number of benzene rings is 1. The lowest BCUT2D eigenvalue weighted by molar-refractivity contribution is 0.0903. The van der Waals surface area contributed by atoms with Crippen molar-refractivity contribution < 1.29 is 14.2 Å². The number of rotatable bonds is 7. The zero-order valence-electron chi connectivity index (χ0n) is 18.6. The van der Waals surface area contributed by atoms with E-state index < -0.39 is 6.04 Å². The second-order valence-corrected chi connectivity index (χ2v) is 8.44. The first-order valence-corrected chi connectivity index (χ1v) is 11.4. The maximum absolute atomic E-state index is 13.6. The first kappa shape index (κ1) is 22.2. The van der Waals surface area contributed by atoms with Gasteiger partial charge in [0.15, 0.2) is 0 Å². The number of hydrogen-bond acceptors (Lipinski definition) is 6. The van der Waals surface area contributed by atoms with Crippen LogP contribution in [0.3, 0.4) is 0 Å². The van der Waals surface area contributed by atoms with Gasteiger partial charge in [0, 0.05) is 66.5 Å². The van der Waals surface area contributed by atoms with Crippen LogP contribution in [0, 0.1) is 5.82 Å². The van der Waals surface area contributed by atoms with Crippen molar-refractivity contribution in [2.24, 2.45) is 0 Å². The Morgan fingerprint density at radius 1 is 1.21 bits per heavy atom. The molecule has 9 heteroatoms. The van der Waals surface area contributed by atoms with Gasteiger partial charge < -0.3 is 24.7 Å². The number of aliphatic hydroxyl groups excluding tert-OH is 1. The number of aromatic amines is 1. The third-order valence-electron chi connectivity index (χ3n) is 6.15. The van der Waals surface area contributed by atoms with E-state index in [1.54, 1.807) is 29.1 Å². The fourth-order valence-corrected chi connectivity index (χ4v) is 4.39. The Morgan fingerprint density at radius 2 is 2.06 bits per heavy atom. The number of nitrogens with zero attached hydrogens (tertiary/aromatic N) is 3. The van der Waals surface area contributed by atoms with E-state index in [1.807, 2.05) is 12.1 Å². The molecule has 3 N–H and O–H groups in total. The van der Waals surface area contributed by atoms with Gasteiger partial charge in [0.1, 0.15) is 5.82 Å². The van der Waals surface area contributed by atoms with E-state index in [0.717, 1.165) is 37.3 Å². The summed E-state index contributed by atoms with van der Waals surface area (Å²) in [5, 5.41) is 13.7. The zero-order valence-corrected chi connectivity index (χ0v) is 18.6. The van der Waals surface area contributed by atoms with Crippen molar-refractivity contribution in [2.45, 2.75) is 31.3 Å². The molecule has 34 heavy (non-hydrogen) atoms. The Morgan fingerprint density at radius 3 is 2.85 bits per heavy atom. The molecule has 1 saturated heterocycles. The summed E-state index contributed by atoms with van der Waals surface area (Å²) < 4.78 is 20.6. The van der Waals surface area contributed by atoms with Crippen LogP contribution in [0.15, 0.2) is 59.7 Å². The predicted octanol–water partition coefficient (Wildman–Crippen LogP) is 3.49. The summed E-state index contributed by atoms with van der Waals surface area (Å²) in [6.07, 6.45) is 5.51. The minimum atomic E-state index is -0.418. The molecule has 1 fully saturated rings. The van der Waals surface area contributed by atoms with Crippen molar-refractivity contribution in [1.29, 1.82) is 0 Å². The van der Waals surface area contributed by atoms with Crippen LogP contribution in [0.25, 0.3) is 22.2 Å². The largest absolute Gasteiger partial charge is 0.396 e. The van der Waals surface area contributed by atoms with Gasteiger partial charge in [-0.25, -0.2) is 14.4 Å². The standard InChI is InChI=1S/C25H26FN5O3/c26-18-1-2-20-17(13-18)14-22(29-20)23(5-10-32)31-9-4-16(15-24(31)33)21-3-8-27-25(30-21)28-19-6-11-34-12-7-19/h1-4,8-9,13-15,19,23,29,32H,5-7,10-12H2,(H,27,28,30)/t23-/m1/s1. The van der Waals surface area contributed by atoms with Crippen molar-refractivity contribution in [3.05, 3.63) is 76.7 Å². The summed E-state index contributed by atoms with van der Waals surface area (Å²) in [5.41, 5.74) is 2.61. The zero-order chi connectivity index (χ0) is 23.5. The van der Waals surface area contributed by atoms with Gasteiger partial charge in [0.2, 0.25) is 5.95 Å². The van der Waals surface area contributed by atoms with Gasteiger partial charge in [0.25, 0.3) is 5.56 Å². The number of H-pyrrole nitrogens is 1.